The van der Waals surface area contributed by atoms with Crippen LogP contribution in [0.25, 0.3) is 11.0 Å². The molecule has 1 aromatic carbocycles. The lowest BCUT2D eigenvalue weighted by Crippen LogP contribution is -2.42. The van der Waals surface area contributed by atoms with E-state index in [1.54, 1.807) is 0 Å². The molecule has 0 radical (unpaired) electrons. The van der Waals surface area contributed by atoms with E-state index in [1.165, 1.54) is 0 Å². The largest absolute Gasteiger partial charge is 0.347 e. The Kier molecular flexibility index (Phi) is 2.16. The van der Waals surface area contributed by atoms with Gasteiger partial charge in [-0.15, -0.1) is 0 Å². The summed E-state index contributed by atoms with van der Waals surface area (Å²) in [6.45, 7) is 0.395. The molecule has 0 atom stereocenters. The Hall–Kier alpha value is -1.88. The number of H-pyrrole nitrogens is 1. The fourth-order valence-corrected chi connectivity index (χ4v) is 1.79. The number of amides is 1. The Balaban J connectivity index is 1.70. The maximum absolute atomic E-state index is 11.6. The number of para-hydroxylation sites is 2. The van der Waals surface area contributed by atoms with Crippen molar-refractivity contribution in [2.45, 2.75) is 24.9 Å². The van der Waals surface area contributed by atoms with Crippen molar-refractivity contribution in [2.75, 3.05) is 0 Å². The first-order valence-electron chi connectivity index (χ1n) is 5.68. The molecule has 88 valence electrons. The molecule has 1 amide bonds. The standard InChI is InChI=1S/C12H14N4O/c13-12(5-6-12)11(17)14-7-10-15-8-3-1-2-4-9(8)16-10/h1-4H,5-7,13H2,(H,14,17)(H,15,16). The highest BCUT2D eigenvalue weighted by Gasteiger charge is 2.45. The predicted octanol–water partition coefficient (Wildman–Crippen LogP) is 0.670. The Morgan fingerprint density at radius 2 is 2.24 bits per heavy atom. The summed E-state index contributed by atoms with van der Waals surface area (Å²) in [5, 5.41) is 2.80. The minimum atomic E-state index is -0.619. The number of aromatic amines is 1. The molecule has 17 heavy (non-hydrogen) atoms. The monoisotopic (exact) mass is 230 g/mol. The summed E-state index contributed by atoms with van der Waals surface area (Å²) in [7, 11) is 0. The van der Waals surface area contributed by atoms with Crippen LogP contribution in [0.15, 0.2) is 24.3 Å². The Bertz CT molecular complexity index is 538. The van der Waals surface area contributed by atoms with Gasteiger partial charge in [0.25, 0.3) is 0 Å². The van der Waals surface area contributed by atoms with E-state index in [1.807, 2.05) is 24.3 Å². The molecule has 1 heterocycles. The van der Waals surface area contributed by atoms with Gasteiger partial charge in [0.1, 0.15) is 5.82 Å². The van der Waals surface area contributed by atoms with Crippen molar-refractivity contribution in [3.63, 3.8) is 0 Å². The summed E-state index contributed by atoms with van der Waals surface area (Å²) in [6, 6.07) is 7.77. The van der Waals surface area contributed by atoms with Gasteiger partial charge in [-0.2, -0.15) is 0 Å². The van der Waals surface area contributed by atoms with E-state index < -0.39 is 5.54 Å². The number of rotatable bonds is 3. The van der Waals surface area contributed by atoms with E-state index in [2.05, 4.69) is 15.3 Å². The zero-order chi connectivity index (χ0) is 11.9. The molecule has 3 rings (SSSR count). The molecule has 1 aliphatic carbocycles. The van der Waals surface area contributed by atoms with Crippen LogP contribution < -0.4 is 11.1 Å². The van der Waals surface area contributed by atoms with Gasteiger partial charge in [-0.3, -0.25) is 4.79 Å². The van der Waals surface area contributed by atoms with Crippen LogP contribution in [-0.2, 0) is 11.3 Å². The van der Waals surface area contributed by atoms with Gasteiger partial charge in [0.15, 0.2) is 0 Å². The van der Waals surface area contributed by atoms with Gasteiger partial charge in [-0.1, -0.05) is 12.1 Å². The minimum absolute atomic E-state index is 0.0852. The van der Waals surface area contributed by atoms with E-state index in [9.17, 15) is 4.79 Å². The lowest BCUT2D eigenvalue weighted by Gasteiger charge is -2.08. The molecule has 0 unspecified atom stereocenters. The molecular weight excluding hydrogens is 216 g/mol. The van der Waals surface area contributed by atoms with Crippen LogP contribution in [0.4, 0.5) is 0 Å². The van der Waals surface area contributed by atoms with Crippen LogP contribution in [0, 0.1) is 0 Å². The molecule has 0 spiro atoms. The molecule has 1 saturated carbocycles. The topological polar surface area (TPSA) is 83.8 Å². The van der Waals surface area contributed by atoms with E-state index in [0.29, 0.717) is 6.54 Å². The SMILES string of the molecule is NC1(C(=O)NCc2nc3ccccc3[nH]2)CC1. The summed E-state index contributed by atoms with van der Waals surface area (Å²) in [6.07, 6.45) is 1.55. The second-order valence-electron chi connectivity index (χ2n) is 4.54. The predicted molar refractivity (Wildman–Crippen MR) is 64.1 cm³/mol. The molecule has 2 aromatic rings. The Morgan fingerprint density at radius 3 is 2.94 bits per heavy atom. The number of aromatic nitrogens is 2. The van der Waals surface area contributed by atoms with Crippen molar-refractivity contribution in [1.82, 2.24) is 15.3 Å². The van der Waals surface area contributed by atoms with Crippen LogP contribution in [0.3, 0.4) is 0 Å². The third-order valence-electron chi connectivity index (χ3n) is 3.10. The van der Waals surface area contributed by atoms with Crippen molar-refractivity contribution in [3.05, 3.63) is 30.1 Å². The Morgan fingerprint density at radius 1 is 1.47 bits per heavy atom. The normalized spacial score (nSPS) is 17.0. The number of carbonyl (C=O) groups is 1. The van der Waals surface area contributed by atoms with E-state index >= 15 is 0 Å². The number of nitrogens with zero attached hydrogens (tertiary/aromatic N) is 1. The van der Waals surface area contributed by atoms with E-state index in [0.717, 1.165) is 29.7 Å². The second kappa shape index (κ2) is 3.56. The van der Waals surface area contributed by atoms with Crippen LogP contribution in [0.5, 0.6) is 0 Å². The Labute approximate surface area is 98.4 Å². The molecule has 0 aliphatic heterocycles. The number of imidazole rings is 1. The first kappa shape index (κ1) is 10.3. The number of carbonyl (C=O) groups excluding carboxylic acids is 1. The number of hydrogen-bond acceptors (Lipinski definition) is 3. The molecule has 0 bridgehead atoms. The average molecular weight is 230 g/mol. The van der Waals surface area contributed by atoms with Gasteiger partial charge in [0, 0.05) is 0 Å². The van der Waals surface area contributed by atoms with Crippen molar-refractivity contribution in [3.8, 4) is 0 Å². The number of benzene rings is 1. The first-order chi connectivity index (χ1) is 8.17. The van der Waals surface area contributed by atoms with Gasteiger partial charge in [-0.05, 0) is 25.0 Å². The lowest BCUT2D eigenvalue weighted by atomic mass is 10.3. The molecule has 1 aromatic heterocycles. The fraction of sp³-hybridized carbons (Fsp3) is 0.333. The average Bonchev–Trinajstić information content (AvgIpc) is 2.95. The fourth-order valence-electron chi connectivity index (χ4n) is 1.79. The van der Waals surface area contributed by atoms with E-state index in [-0.39, 0.29) is 5.91 Å². The van der Waals surface area contributed by atoms with Crippen LogP contribution >= 0.6 is 0 Å². The van der Waals surface area contributed by atoms with Crippen LogP contribution in [0.2, 0.25) is 0 Å². The van der Waals surface area contributed by atoms with Crippen molar-refractivity contribution < 1.29 is 4.79 Å². The first-order valence-corrected chi connectivity index (χ1v) is 5.68. The molecule has 4 N–H and O–H groups in total. The van der Waals surface area contributed by atoms with Gasteiger partial charge in [0.2, 0.25) is 5.91 Å². The number of fused-ring (bicyclic) bond motifs is 1. The number of nitrogens with one attached hydrogen (secondary N) is 2. The summed E-state index contributed by atoms with van der Waals surface area (Å²) in [4.78, 5) is 19.2. The molecule has 1 aliphatic rings. The smallest absolute Gasteiger partial charge is 0.240 e. The third kappa shape index (κ3) is 1.89. The van der Waals surface area contributed by atoms with Crippen molar-refractivity contribution in [2.24, 2.45) is 5.73 Å². The zero-order valence-electron chi connectivity index (χ0n) is 9.36. The molecule has 0 saturated heterocycles. The highest BCUT2D eigenvalue weighted by Crippen LogP contribution is 2.32. The molecule has 5 heteroatoms. The lowest BCUT2D eigenvalue weighted by molar-refractivity contribution is -0.123. The van der Waals surface area contributed by atoms with Gasteiger partial charge in [0.05, 0.1) is 23.1 Å². The maximum atomic E-state index is 11.6. The minimum Gasteiger partial charge on any atom is -0.347 e. The van der Waals surface area contributed by atoms with Crippen LogP contribution in [0.1, 0.15) is 18.7 Å². The summed E-state index contributed by atoms with van der Waals surface area (Å²) >= 11 is 0. The van der Waals surface area contributed by atoms with Gasteiger partial charge >= 0.3 is 0 Å². The third-order valence-corrected chi connectivity index (χ3v) is 3.10. The maximum Gasteiger partial charge on any atom is 0.240 e. The molecular formula is C12H14N4O. The quantitative estimate of drug-likeness (QED) is 0.724. The summed E-state index contributed by atoms with van der Waals surface area (Å²) in [5.41, 5.74) is 7.05. The summed E-state index contributed by atoms with van der Waals surface area (Å²) < 4.78 is 0. The van der Waals surface area contributed by atoms with Crippen LogP contribution in [-0.4, -0.2) is 21.4 Å². The summed E-state index contributed by atoms with van der Waals surface area (Å²) in [5.74, 6) is 0.668. The molecule has 5 nitrogen and oxygen atoms in total. The highest BCUT2D eigenvalue weighted by atomic mass is 16.2. The van der Waals surface area contributed by atoms with Crippen molar-refractivity contribution in [1.29, 1.82) is 0 Å². The number of nitrogens with two attached hydrogens (primary N) is 1. The van der Waals surface area contributed by atoms with Gasteiger partial charge < -0.3 is 16.0 Å². The van der Waals surface area contributed by atoms with E-state index in [4.69, 9.17) is 5.73 Å². The number of hydrogen-bond donors (Lipinski definition) is 3. The molecule has 1 fully saturated rings. The van der Waals surface area contributed by atoms with Gasteiger partial charge in [-0.25, -0.2) is 4.98 Å². The zero-order valence-corrected chi connectivity index (χ0v) is 9.36. The second-order valence-corrected chi connectivity index (χ2v) is 4.54. The van der Waals surface area contributed by atoms with Crippen molar-refractivity contribution >= 4 is 16.9 Å². The highest BCUT2D eigenvalue weighted by molar-refractivity contribution is 5.88.